The summed E-state index contributed by atoms with van der Waals surface area (Å²) in [6, 6.07) is 11.3. The summed E-state index contributed by atoms with van der Waals surface area (Å²) in [6.45, 7) is 0.865. The van der Waals surface area contributed by atoms with E-state index in [1.54, 1.807) is 0 Å². The van der Waals surface area contributed by atoms with E-state index in [1.807, 2.05) is 29.2 Å². The quantitative estimate of drug-likeness (QED) is 0.573. The van der Waals surface area contributed by atoms with Crippen LogP contribution in [-0.2, 0) is 17.8 Å². The molecule has 1 saturated carbocycles. The molecule has 0 bridgehead atoms. The van der Waals surface area contributed by atoms with Crippen LogP contribution in [0.5, 0.6) is 0 Å². The molecule has 1 aliphatic carbocycles. The molecule has 1 saturated heterocycles. The lowest BCUT2D eigenvalue weighted by Crippen LogP contribution is -2.48. The molecule has 9 heteroatoms. The summed E-state index contributed by atoms with van der Waals surface area (Å²) < 4.78 is 28.8. The third kappa shape index (κ3) is 3.83. The molecule has 1 aromatic heterocycles. The lowest BCUT2D eigenvalue weighted by atomic mass is 9.88. The highest BCUT2D eigenvalue weighted by molar-refractivity contribution is 5.99. The maximum absolute atomic E-state index is 14.4. The summed E-state index contributed by atoms with van der Waals surface area (Å²) in [5, 5.41) is 12.3. The van der Waals surface area contributed by atoms with E-state index in [4.69, 9.17) is 0 Å². The lowest BCUT2D eigenvalue weighted by molar-refractivity contribution is -0.134. The molecule has 0 unspecified atom stereocenters. The number of nitrogens with one attached hydrogen (secondary N) is 1. The molecule has 36 heavy (non-hydrogen) atoms. The molecule has 2 aromatic carbocycles. The van der Waals surface area contributed by atoms with E-state index in [1.165, 1.54) is 6.07 Å². The maximum atomic E-state index is 14.4. The molecular formula is C27H24F2N4O3. The number of likely N-dealkylation sites (tertiary alicyclic amines) is 1. The Morgan fingerprint density at radius 1 is 1.00 bits per heavy atom. The van der Waals surface area contributed by atoms with Crippen LogP contribution >= 0.6 is 0 Å². The van der Waals surface area contributed by atoms with Crippen LogP contribution in [0.3, 0.4) is 0 Å². The fourth-order valence-electron chi connectivity index (χ4n) is 5.40. The molecule has 2 N–H and O–H groups in total. The van der Waals surface area contributed by atoms with Gasteiger partial charge in [-0.15, -0.1) is 0 Å². The SMILES string of the molecule is O=C1NCc2nc(-c3c(F)cccc3F)nc(Cc3ccc([C@@H]4CCN(C5CC(O)C5)C4=O)cc3)c21. The molecule has 3 heterocycles. The van der Waals surface area contributed by atoms with E-state index in [2.05, 4.69) is 15.3 Å². The van der Waals surface area contributed by atoms with Gasteiger partial charge >= 0.3 is 0 Å². The largest absolute Gasteiger partial charge is 0.393 e. The smallest absolute Gasteiger partial charge is 0.255 e. The highest BCUT2D eigenvalue weighted by atomic mass is 19.1. The number of fused-ring (bicyclic) bond motifs is 1. The molecule has 0 radical (unpaired) electrons. The molecule has 0 spiro atoms. The number of benzene rings is 2. The Bertz CT molecular complexity index is 1350. The minimum atomic E-state index is -0.769. The third-order valence-corrected chi connectivity index (χ3v) is 7.41. The van der Waals surface area contributed by atoms with Gasteiger partial charge in [0, 0.05) is 19.0 Å². The van der Waals surface area contributed by atoms with Crippen molar-refractivity contribution in [1.29, 1.82) is 0 Å². The molecule has 2 fully saturated rings. The summed E-state index contributed by atoms with van der Waals surface area (Å²) in [6.07, 6.45) is 2.00. The summed E-state index contributed by atoms with van der Waals surface area (Å²) in [4.78, 5) is 36.0. The van der Waals surface area contributed by atoms with Crippen molar-refractivity contribution in [3.63, 3.8) is 0 Å². The number of carbonyl (C=O) groups excluding carboxylic acids is 2. The first-order valence-corrected chi connectivity index (χ1v) is 12.1. The fraction of sp³-hybridized carbons (Fsp3) is 0.333. The number of carbonyl (C=O) groups is 2. The van der Waals surface area contributed by atoms with Crippen LogP contribution in [0.15, 0.2) is 42.5 Å². The summed E-state index contributed by atoms with van der Waals surface area (Å²) in [5.41, 5.74) is 2.60. The van der Waals surface area contributed by atoms with Crippen molar-refractivity contribution in [2.24, 2.45) is 0 Å². The van der Waals surface area contributed by atoms with Gasteiger partial charge in [0.1, 0.15) is 11.6 Å². The topological polar surface area (TPSA) is 95.4 Å². The van der Waals surface area contributed by atoms with Crippen molar-refractivity contribution in [3.05, 3.63) is 82.2 Å². The summed E-state index contributed by atoms with van der Waals surface area (Å²) in [7, 11) is 0. The van der Waals surface area contributed by atoms with Crippen molar-refractivity contribution < 1.29 is 23.5 Å². The van der Waals surface area contributed by atoms with Crippen LogP contribution in [0.1, 0.15) is 58.1 Å². The molecule has 3 aliphatic rings. The van der Waals surface area contributed by atoms with Gasteiger partial charge in [0.2, 0.25) is 5.91 Å². The zero-order valence-electron chi connectivity index (χ0n) is 19.4. The van der Waals surface area contributed by atoms with Crippen molar-refractivity contribution in [1.82, 2.24) is 20.2 Å². The van der Waals surface area contributed by atoms with E-state index in [-0.39, 0.29) is 54.2 Å². The van der Waals surface area contributed by atoms with Crippen molar-refractivity contribution in [2.75, 3.05) is 6.54 Å². The summed E-state index contributed by atoms with van der Waals surface area (Å²) >= 11 is 0. The zero-order chi connectivity index (χ0) is 25.0. The Kier molecular flexibility index (Phi) is 5.52. The number of aliphatic hydroxyl groups is 1. The lowest BCUT2D eigenvalue weighted by Gasteiger charge is -2.38. The predicted molar refractivity (Wildman–Crippen MR) is 126 cm³/mol. The van der Waals surface area contributed by atoms with Crippen molar-refractivity contribution in [2.45, 2.75) is 50.3 Å². The normalized spacial score (nSPS) is 23.0. The average molecular weight is 491 g/mol. The molecule has 184 valence electrons. The molecule has 2 aliphatic heterocycles. The number of amides is 2. The number of aromatic nitrogens is 2. The third-order valence-electron chi connectivity index (χ3n) is 7.41. The standard InChI is InChI=1S/C27H24F2N4O3/c28-19-2-1-3-20(29)23(19)25-31-21(24-22(32-25)13-30-26(24)35)10-14-4-6-15(7-5-14)18-8-9-33(27(18)36)16-11-17(34)12-16/h1-7,16-18,34H,8-13H2,(H,30,35)/t16?,17?,18-/m0/s1. The van der Waals surface area contributed by atoms with Crippen molar-refractivity contribution in [3.8, 4) is 11.4 Å². The fourth-order valence-corrected chi connectivity index (χ4v) is 5.40. The number of hydrogen-bond acceptors (Lipinski definition) is 5. The molecule has 6 rings (SSSR count). The number of nitrogens with zero attached hydrogens (tertiary/aromatic N) is 3. The average Bonchev–Trinajstić information content (AvgIpc) is 3.40. The van der Waals surface area contributed by atoms with E-state index < -0.39 is 11.6 Å². The molecule has 3 aromatic rings. The van der Waals surface area contributed by atoms with Crippen LogP contribution in [-0.4, -0.2) is 50.5 Å². The minimum absolute atomic E-state index is 0.0924. The highest BCUT2D eigenvalue weighted by Crippen LogP contribution is 2.36. The van der Waals surface area contributed by atoms with Crippen LogP contribution < -0.4 is 5.32 Å². The first-order valence-electron chi connectivity index (χ1n) is 12.1. The first kappa shape index (κ1) is 22.7. The monoisotopic (exact) mass is 490 g/mol. The predicted octanol–water partition coefficient (Wildman–Crippen LogP) is 3.10. The van der Waals surface area contributed by atoms with E-state index in [9.17, 15) is 23.5 Å². The molecule has 1 atom stereocenters. The summed E-state index contributed by atoms with van der Waals surface area (Å²) in [5.74, 6) is -2.05. The minimum Gasteiger partial charge on any atom is -0.393 e. The maximum Gasteiger partial charge on any atom is 0.255 e. The Morgan fingerprint density at radius 3 is 2.42 bits per heavy atom. The number of aliphatic hydroxyl groups excluding tert-OH is 1. The highest BCUT2D eigenvalue weighted by Gasteiger charge is 2.41. The van der Waals surface area contributed by atoms with Gasteiger partial charge in [-0.1, -0.05) is 30.3 Å². The Balaban J connectivity index is 1.27. The molecule has 7 nitrogen and oxygen atoms in total. The van der Waals surface area contributed by atoms with Crippen LogP contribution in [0.25, 0.3) is 11.4 Å². The van der Waals surface area contributed by atoms with Gasteiger partial charge in [-0.25, -0.2) is 18.7 Å². The van der Waals surface area contributed by atoms with Crippen LogP contribution in [0.2, 0.25) is 0 Å². The Hall–Kier alpha value is -3.72. The van der Waals surface area contributed by atoms with Gasteiger partial charge in [-0.2, -0.15) is 0 Å². The second kappa shape index (κ2) is 8.74. The van der Waals surface area contributed by atoms with Crippen molar-refractivity contribution >= 4 is 11.8 Å². The Labute approximate surface area is 206 Å². The van der Waals surface area contributed by atoms with E-state index in [0.717, 1.165) is 29.7 Å². The second-order valence-electron chi connectivity index (χ2n) is 9.67. The van der Waals surface area contributed by atoms with Gasteiger partial charge < -0.3 is 15.3 Å². The van der Waals surface area contributed by atoms with Gasteiger partial charge in [-0.3, -0.25) is 9.59 Å². The van der Waals surface area contributed by atoms with Gasteiger partial charge in [-0.05, 0) is 42.5 Å². The first-order chi connectivity index (χ1) is 17.4. The zero-order valence-corrected chi connectivity index (χ0v) is 19.4. The molecular weight excluding hydrogens is 466 g/mol. The molecule has 2 amide bonds. The van der Waals surface area contributed by atoms with Gasteiger partial charge in [0.05, 0.1) is 41.1 Å². The number of rotatable bonds is 5. The van der Waals surface area contributed by atoms with Gasteiger partial charge in [0.15, 0.2) is 5.82 Å². The number of hydrogen-bond donors (Lipinski definition) is 2. The van der Waals surface area contributed by atoms with E-state index in [0.29, 0.717) is 36.3 Å². The second-order valence-corrected chi connectivity index (χ2v) is 9.67. The van der Waals surface area contributed by atoms with Crippen LogP contribution in [0, 0.1) is 11.6 Å². The number of halogens is 2. The van der Waals surface area contributed by atoms with Gasteiger partial charge in [0.25, 0.3) is 5.91 Å². The van der Waals surface area contributed by atoms with Crippen LogP contribution in [0.4, 0.5) is 8.78 Å². The Morgan fingerprint density at radius 2 is 1.72 bits per heavy atom. The van der Waals surface area contributed by atoms with E-state index >= 15 is 0 Å².